The number of hydrogen-bond acceptors (Lipinski definition) is 2. The molecule has 132 valence electrons. The minimum atomic E-state index is -4.34. The van der Waals surface area contributed by atoms with Crippen LogP contribution in [0.25, 0.3) is 0 Å². The number of halogens is 4. The van der Waals surface area contributed by atoms with Gasteiger partial charge in [-0.25, -0.2) is 0 Å². The third-order valence-electron chi connectivity index (χ3n) is 3.54. The highest BCUT2D eigenvalue weighted by Crippen LogP contribution is 2.31. The molecule has 2 rings (SSSR count). The lowest BCUT2D eigenvalue weighted by Gasteiger charge is -2.22. The van der Waals surface area contributed by atoms with E-state index in [1.165, 1.54) is 12.1 Å². The normalized spacial score (nSPS) is 13.3. The summed E-state index contributed by atoms with van der Waals surface area (Å²) in [5.74, 6) is 0. The fraction of sp³-hybridized carbons (Fsp3) is 0.389. The summed E-state index contributed by atoms with van der Waals surface area (Å²) in [7, 11) is 0. The molecule has 2 nitrogen and oxygen atoms in total. The summed E-state index contributed by atoms with van der Waals surface area (Å²) in [5.41, 5.74) is 7.99. The van der Waals surface area contributed by atoms with Gasteiger partial charge in [-0.05, 0) is 41.2 Å². The summed E-state index contributed by atoms with van der Waals surface area (Å²) in [6, 6.07) is 8.23. The average molecular weight is 359 g/mol. The van der Waals surface area contributed by atoms with Gasteiger partial charge in [0.25, 0.3) is 0 Å². The van der Waals surface area contributed by atoms with E-state index < -0.39 is 17.8 Å². The molecule has 1 atom stereocenters. The summed E-state index contributed by atoms with van der Waals surface area (Å²) in [4.78, 5) is 4.36. The smallest absolute Gasteiger partial charge is 0.319 e. The number of hydrogen-bond donors (Lipinski definition) is 1. The van der Waals surface area contributed by atoms with Crippen molar-refractivity contribution < 1.29 is 13.2 Å². The summed E-state index contributed by atoms with van der Waals surface area (Å²) in [5, 5.41) is 0. The molecule has 0 amide bonds. The molecule has 0 saturated carbocycles. The van der Waals surface area contributed by atoms with Crippen molar-refractivity contribution in [1.82, 2.24) is 4.98 Å². The van der Waals surface area contributed by atoms with Crippen LogP contribution in [-0.4, -0.2) is 4.98 Å². The molecule has 1 heterocycles. The molecule has 6 heteroatoms. The zero-order chi connectivity index (χ0) is 17.3. The molecule has 0 aliphatic heterocycles. The van der Waals surface area contributed by atoms with E-state index in [0.717, 1.165) is 24.1 Å². The average Bonchev–Trinajstić information content (AvgIpc) is 2.45. The second kappa shape index (κ2) is 7.53. The summed E-state index contributed by atoms with van der Waals surface area (Å²) in [6.45, 7) is 6.36. The van der Waals surface area contributed by atoms with Crippen LogP contribution in [0.15, 0.2) is 42.6 Å². The van der Waals surface area contributed by atoms with Gasteiger partial charge >= 0.3 is 6.18 Å². The minimum Gasteiger partial charge on any atom is -0.319 e. The number of nitrogens with zero attached hydrogens (tertiary/aromatic N) is 1. The lowest BCUT2D eigenvalue weighted by molar-refractivity contribution is -0.137. The van der Waals surface area contributed by atoms with E-state index in [4.69, 9.17) is 5.73 Å². The van der Waals surface area contributed by atoms with Gasteiger partial charge in [-0.1, -0.05) is 39.0 Å². The van der Waals surface area contributed by atoms with E-state index in [1.54, 1.807) is 6.20 Å². The van der Waals surface area contributed by atoms with Crippen LogP contribution in [0.4, 0.5) is 13.2 Å². The SMILES string of the molecule is CC(C)(C)Cc1cccnc1[C@@H](N)c1ccc(C(F)(F)F)cc1.Cl. The fourth-order valence-electron chi connectivity index (χ4n) is 2.49. The highest BCUT2D eigenvalue weighted by Gasteiger charge is 2.30. The van der Waals surface area contributed by atoms with Crippen molar-refractivity contribution in [2.24, 2.45) is 11.1 Å². The highest BCUT2D eigenvalue weighted by atomic mass is 35.5. The maximum atomic E-state index is 12.6. The van der Waals surface area contributed by atoms with Gasteiger partial charge in [0.15, 0.2) is 0 Å². The van der Waals surface area contributed by atoms with E-state index in [2.05, 4.69) is 25.8 Å². The van der Waals surface area contributed by atoms with Crippen LogP contribution >= 0.6 is 12.4 Å². The topological polar surface area (TPSA) is 38.9 Å². The summed E-state index contributed by atoms with van der Waals surface area (Å²) < 4.78 is 37.9. The molecule has 24 heavy (non-hydrogen) atoms. The molecule has 0 bridgehead atoms. The maximum Gasteiger partial charge on any atom is 0.416 e. The van der Waals surface area contributed by atoms with Crippen molar-refractivity contribution >= 4 is 12.4 Å². The van der Waals surface area contributed by atoms with E-state index >= 15 is 0 Å². The Bertz CT molecular complexity index is 661. The number of pyridine rings is 1. The van der Waals surface area contributed by atoms with Gasteiger partial charge in [-0.2, -0.15) is 13.2 Å². The zero-order valence-electron chi connectivity index (χ0n) is 13.9. The van der Waals surface area contributed by atoms with Crippen molar-refractivity contribution in [3.05, 3.63) is 65.0 Å². The quantitative estimate of drug-likeness (QED) is 0.823. The van der Waals surface area contributed by atoms with Crippen LogP contribution < -0.4 is 5.73 Å². The molecular weight excluding hydrogens is 337 g/mol. The van der Waals surface area contributed by atoms with Crippen LogP contribution in [0.5, 0.6) is 0 Å². The van der Waals surface area contributed by atoms with Crippen molar-refractivity contribution in [3.63, 3.8) is 0 Å². The molecule has 0 aliphatic carbocycles. The van der Waals surface area contributed by atoms with Gasteiger partial charge in [0.1, 0.15) is 0 Å². The molecule has 0 unspecified atom stereocenters. The first-order chi connectivity index (χ1) is 10.6. The Morgan fingerprint density at radius 3 is 2.12 bits per heavy atom. The van der Waals surface area contributed by atoms with Gasteiger partial charge in [-0.15, -0.1) is 12.4 Å². The van der Waals surface area contributed by atoms with E-state index in [1.807, 2.05) is 12.1 Å². The lowest BCUT2D eigenvalue weighted by Crippen LogP contribution is -2.19. The third kappa shape index (κ3) is 5.21. The monoisotopic (exact) mass is 358 g/mol. The highest BCUT2D eigenvalue weighted by molar-refractivity contribution is 5.85. The number of rotatable bonds is 3. The second-order valence-corrected chi connectivity index (χ2v) is 6.88. The van der Waals surface area contributed by atoms with E-state index in [0.29, 0.717) is 11.3 Å². The maximum absolute atomic E-state index is 12.6. The molecular formula is C18H22ClF3N2. The first-order valence-corrected chi connectivity index (χ1v) is 7.44. The fourth-order valence-corrected chi connectivity index (χ4v) is 2.49. The van der Waals surface area contributed by atoms with Crippen molar-refractivity contribution in [2.75, 3.05) is 0 Å². The van der Waals surface area contributed by atoms with Gasteiger partial charge in [0, 0.05) is 6.20 Å². The second-order valence-electron chi connectivity index (χ2n) is 6.88. The van der Waals surface area contributed by atoms with Crippen molar-refractivity contribution in [2.45, 2.75) is 39.4 Å². The standard InChI is InChI=1S/C18H21F3N2.ClH/c1-17(2,3)11-13-5-4-10-23-16(13)15(22)12-6-8-14(9-7-12)18(19,20)21;/h4-10,15H,11,22H2,1-3H3;1H/t15-;/m0./s1. The molecule has 1 aromatic carbocycles. The summed E-state index contributed by atoms with van der Waals surface area (Å²) in [6.07, 6.45) is -1.89. The largest absolute Gasteiger partial charge is 0.416 e. The minimum absolute atomic E-state index is 0. The van der Waals surface area contributed by atoms with Crippen LogP contribution in [0.2, 0.25) is 0 Å². The van der Waals surface area contributed by atoms with E-state index in [9.17, 15) is 13.2 Å². The number of benzene rings is 1. The molecule has 2 N–H and O–H groups in total. The summed E-state index contributed by atoms with van der Waals surface area (Å²) >= 11 is 0. The first kappa shape index (κ1) is 20.5. The van der Waals surface area contributed by atoms with Crippen LogP contribution in [0.3, 0.4) is 0 Å². The Balaban J connectivity index is 0.00000288. The van der Waals surface area contributed by atoms with Gasteiger partial charge < -0.3 is 5.73 Å². The van der Waals surface area contributed by atoms with E-state index in [-0.39, 0.29) is 17.8 Å². The number of nitrogens with two attached hydrogens (primary N) is 1. The Labute approximate surface area is 146 Å². The first-order valence-electron chi connectivity index (χ1n) is 7.44. The van der Waals surface area contributed by atoms with Gasteiger partial charge in [0.05, 0.1) is 17.3 Å². The van der Waals surface area contributed by atoms with Crippen molar-refractivity contribution in [1.29, 1.82) is 0 Å². The number of aromatic nitrogens is 1. The molecule has 2 aromatic rings. The predicted molar refractivity (Wildman–Crippen MR) is 92.1 cm³/mol. The van der Waals surface area contributed by atoms with Crippen molar-refractivity contribution in [3.8, 4) is 0 Å². The van der Waals surface area contributed by atoms with Crippen LogP contribution in [-0.2, 0) is 12.6 Å². The molecule has 0 spiro atoms. The molecule has 0 aliphatic rings. The number of alkyl halides is 3. The lowest BCUT2D eigenvalue weighted by atomic mass is 9.86. The molecule has 1 aromatic heterocycles. The van der Waals surface area contributed by atoms with Crippen LogP contribution in [0, 0.1) is 5.41 Å². The van der Waals surface area contributed by atoms with Gasteiger partial charge in [0.2, 0.25) is 0 Å². The molecule has 0 radical (unpaired) electrons. The Morgan fingerprint density at radius 1 is 1.04 bits per heavy atom. The molecule has 0 saturated heterocycles. The third-order valence-corrected chi connectivity index (χ3v) is 3.54. The Morgan fingerprint density at radius 2 is 1.62 bits per heavy atom. The predicted octanol–water partition coefficient (Wildman–Crippen LogP) is 5.16. The zero-order valence-corrected chi connectivity index (χ0v) is 14.7. The van der Waals surface area contributed by atoms with Crippen LogP contribution in [0.1, 0.15) is 49.2 Å². The van der Waals surface area contributed by atoms with Gasteiger partial charge in [-0.3, -0.25) is 4.98 Å². The Hall–Kier alpha value is -1.59. The Kier molecular flexibility index (Phi) is 6.42. The molecule has 0 fully saturated rings.